The number of nitrogens with two attached hydrogens (primary N) is 2. The summed E-state index contributed by atoms with van der Waals surface area (Å²) in [5.74, 6) is -0.257. The zero-order valence-corrected chi connectivity index (χ0v) is 27.7. The first-order chi connectivity index (χ1) is 23.4. The molecule has 0 amide bonds. The van der Waals surface area contributed by atoms with Crippen LogP contribution >= 0.6 is 7.75 Å². The van der Waals surface area contributed by atoms with E-state index in [1.807, 2.05) is 19.0 Å². The Labute approximate surface area is 277 Å². The van der Waals surface area contributed by atoms with Crippen molar-refractivity contribution in [2.75, 3.05) is 59.0 Å². The van der Waals surface area contributed by atoms with E-state index in [4.69, 9.17) is 34.7 Å². The molecule has 268 valence electrons. The molecule has 0 spiro atoms. The quantitative estimate of drug-likeness (QED) is 0.0551. The highest BCUT2D eigenvalue weighted by atomic mass is 31.2. The van der Waals surface area contributed by atoms with Crippen molar-refractivity contribution in [1.82, 2.24) is 49.0 Å². The second-order valence-electron chi connectivity index (χ2n) is 11.9. The van der Waals surface area contributed by atoms with Gasteiger partial charge in [-0.2, -0.15) is 9.97 Å². The standard InChI is InChI=1S/C26H39N12O10P/c1-36(2)6-4-5-31-49(43,48-12-7-15(46-13(12)8-39)37-10-29-16-20(37)32-25(27)34-22(16)41)45-9-14-18(40)19(44-3)24(47-14)38-11-30-17-21(38)33-26(28)35-23(17)42/h10-15,18-19,24,39-40H,4-9H2,1-3H3,(H,31,43)(H3,27,32,34,41)(H3,28,33,35,42)/t12?,13-,14-,15-,18?,19?,24-,49?/m1/s1. The van der Waals surface area contributed by atoms with E-state index in [0.717, 1.165) is 0 Å². The smallest absolute Gasteiger partial charge is 0.394 e. The zero-order valence-electron chi connectivity index (χ0n) is 26.8. The molecule has 23 heteroatoms. The van der Waals surface area contributed by atoms with Gasteiger partial charge in [0.15, 0.2) is 28.6 Å². The van der Waals surface area contributed by atoms with Gasteiger partial charge in [0.1, 0.15) is 36.7 Å². The minimum atomic E-state index is -4.19. The molecular formula is C26H39N12O10P. The topological polar surface area (TPSA) is 298 Å². The lowest BCUT2D eigenvalue weighted by atomic mass is 10.1. The molecule has 0 bridgehead atoms. The molecule has 4 aromatic rings. The van der Waals surface area contributed by atoms with Crippen LogP contribution in [0.25, 0.3) is 22.3 Å². The molecule has 2 saturated heterocycles. The summed E-state index contributed by atoms with van der Waals surface area (Å²) in [5, 5.41) is 24.2. The molecule has 2 aliphatic heterocycles. The summed E-state index contributed by atoms with van der Waals surface area (Å²) in [6.45, 7) is -0.0101. The summed E-state index contributed by atoms with van der Waals surface area (Å²) in [4.78, 5) is 47.8. The first kappa shape index (κ1) is 35.0. The first-order valence-electron chi connectivity index (χ1n) is 15.3. The van der Waals surface area contributed by atoms with Crippen LogP contribution in [0.4, 0.5) is 11.9 Å². The van der Waals surface area contributed by atoms with Gasteiger partial charge in [-0.3, -0.25) is 37.7 Å². The van der Waals surface area contributed by atoms with Crippen LogP contribution < -0.4 is 27.7 Å². The fraction of sp³-hybridized carbons (Fsp3) is 0.615. The monoisotopic (exact) mass is 710 g/mol. The molecule has 4 unspecified atom stereocenters. The van der Waals surface area contributed by atoms with Crippen LogP contribution in [0.2, 0.25) is 0 Å². The van der Waals surface area contributed by atoms with Gasteiger partial charge in [0, 0.05) is 20.1 Å². The molecule has 4 aromatic heterocycles. The Morgan fingerprint density at radius 2 is 1.69 bits per heavy atom. The number of nitrogens with zero attached hydrogens (tertiary/aromatic N) is 7. The van der Waals surface area contributed by atoms with E-state index in [2.05, 4.69) is 35.0 Å². The minimum Gasteiger partial charge on any atom is -0.394 e. The first-order valence-corrected chi connectivity index (χ1v) is 16.9. The lowest BCUT2D eigenvalue weighted by Crippen LogP contribution is -2.36. The number of aromatic amines is 2. The number of nitrogens with one attached hydrogen (secondary N) is 3. The van der Waals surface area contributed by atoms with Gasteiger partial charge in [0.05, 0.1) is 25.9 Å². The Hall–Kier alpha value is -3.83. The summed E-state index contributed by atoms with van der Waals surface area (Å²) in [6, 6.07) is 0. The van der Waals surface area contributed by atoms with Crippen molar-refractivity contribution in [3.8, 4) is 0 Å². The summed E-state index contributed by atoms with van der Waals surface area (Å²) in [6.07, 6.45) is -3.75. The predicted molar refractivity (Wildman–Crippen MR) is 171 cm³/mol. The average molecular weight is 711 g/mol. The van der Waals surface area contributed by atoms with Gasteiger partial charge in [-0.15, -0.1) is 0 Å². The number of ether oxygens (including phenoxy) is 3. The van der Waals surface area contributed by atoms with Crippen molar-refractivity contribution in [2.45, 2.75) is 55.8 Å². The van der Waals surface area contributed by atoms with E-state index < -0.39 is 75.1 Å². The van der Waals surface area contributed by atoms with Gasteiger partial charge in [0.25, 0.3) is 11.1 Å². The number of hydrogen-bond donors (Lipinski definition) is 7. The van der Waals surface area contributed by atoms with Gasteiger partial charge in [-0.1, -0.05) is 0 Å². The summed E-state index contributed by atoms with van der Waals surface area (Å²) >= 11 is 0. The van der Waals surface area contributed by atoms with E-state index in [1.54, 1.807) is 0 Å². The molecule has 2 aliphatic rings. The molecule has 9 N–H and O–H groups in total. The van der Waals surface area contributed by atoms with Gasteiger partial charge in [-0.25, -0.2) is 19.6 Å². The number of aromatic nitrogens is 8. The Bertz CT molecular complexity index is 1950. The number of H-pyrrole nitrogens is 2. The van der Waals surface area contributed by atoms with Crippen molar-refractivity contribution in [2.24, 2.45) is 0 Å². The van der Waals surface area contributed by atoms with Crippen molar-refractivity contribution in [3.63, 3.8) is 0 Å². The Kier molecular flexibility index (Phi) is 10.1. The number of aliphatic hydroxyl groups excluding tert-OH is 2. The second-order valence-corrected chi connectivity index (χ2v) is 13.6. The highest BCUT2D eigenvalue weighted by molar-refractivity contribution is 7.51. The van der Waals surface area contributed by atoms with E-state index in [9.17, 15) is 24.4 Å². The number of fused-ring (bicyclic) bond motifs is 2. The summed E-state index contributed by atoms with van der Waals surface area (Å²) < 4.78 is 46.8. The van der Waals surface area contributed by atoms with Crippen LogP contribution in [0.1, 0.15) is 25.3 Å². The molecule has 6 heterocycles. The molecule has 0 radical (unpaired) electrons. The van der Waals surface area contributed by atoms with Crippen LogP contribution in [-0.2, 0) is 27.8 Å². The Balaban J connectivity index is 1.20. The van der Waals surface area contributed by atoms with E-state index in [0.29, 0.717) is 13.0 Å². The molecule has 8 atom stereocenters. The molecule has 0 aromatic carbocycles. The number of anilines is 2. The maximum atomic E-state index is 14.3. The molecule has 0 saturated carbocycles. The van der Waals surface area contributed by atoms with E-state index in [-0.39, 0.29) is 47.2 Å². The largest absolute Gasteiger partial charge is 0.405 e. The highest BCUT2D eigenvalue weighted by Gasteiger charge is 2.48. The fourth-order valence-corrected chi connectivity index (χ4v) is 7.42. The normalized spacial score (nSPS) is 27.1. The Morgan fingerprint density at radius 3 is 2.31 bits per heavy atom. The summed E-state index contributed by atoms with van der Waals surface area (Å²) in [5.41, 5.74) is 10.7. The average Bonchev–Trinajstić information content (AvgIpc) is 3.82. The molecule has 0 aliphatic carbocycles. The van der Waals surface area contributed by atoms with Gasteiger partial charge in [0.2, 0.25) is 11.9 Å². The predicted octanol–water partition coefficient (Wildman–Crippen LogP) is -1.98. The molecule has 49 heavy (non-hydrogen) atoms. The van der Waals surface area contributed by atoms with Crippen molar-refractivity contribution >= 4 is 42.0 Å². The lowest BCUT2D eigenvalue weighted by Gasteiger charge is -2.26. The van der Waals surface area contributed by atoms with Crippen LogP contribution in [0.5, 0.6) is 0 Å². The number of nitrogen functional groups attached to an aromatic ring is 2. The molecule has 22 nitrogen and oxygen atoms in total. The number of imidazole rings is 2. The van der Waals surface area contributed by atoms with Gasteiger partial charge in [-0.05, 0) is 27.1 Å². The molecule has 6 rings (SSSR count). The van der Waals surface area contributed by atoms with Crippen LogP contribution in [0, 0.1) is 0 Å². The third-order valence-electron chi connectivity index (χ3n) is 8.20. The molecular weight excluding hydrogens is 671 g/mol. The maximum Gasteiger partial charge on any atom is 0.405 e. The van der Waals surface area contributed by atoms with Crippen molar-refractivity contribution in [3.05, 3.63) is 33.4 Å². The highest BCUT2D eigenvalue weighted by Crippen LogP contribution is 2.49. The zero-order chi connectivity index (χ0) is 35.0. The minimum absolute atomic E-state index is 0.00642. The second kappa shape index (κ2) is 14.2. The third-order valence-corrected chi connectivity index (χ3v) is 9.85. The maximum absolute atomic E-state index is 14.3. The van der Waals surface area contributed by atoms with Crippen LogP contribution in [-0.4, -0.2) is 132 Å². The van der Waals surface area contributed by atoms with Crippen molar-refractivity contribution in [1.29, 1.82) is 0 Å². The van der Waals surface area contributed by atoms with Crippen molar-refractivity contribution < 1.29 is 38.0 Å². The third kappa shape index (κ3) is 7.10. The molecule has 2 fully saturated rings. The number of rotatable bonds is 14. The van der Waals surface area contributed by atoms with Crippen LogP contribution in [0.15, 0.2) is 22.2 Å². The fourth-order valence-electron chi connectivity index (χ4n) is 5.84. The number of methoxy groups -OCH3 is 1. The lowest BCUT2D eigenvalue weighted by molar-refractivity contribution is -0.0597. The Morgan fingerprint density at radius 1 is 1.06 bits per heavy atom. The van der Waals surface area contributed by atoms with E-state index >= 15 is 0 Å². The SMILES string of the molecule is COC1C(O)[C@@H](COP(=O)(NCCCN(C)C)OC2C[C@H](n3cnc4c(=O)[nH]c(N)nc43)O[C@@H]2CO)O[C@H]1n1cnc2c(=O)[nH]c(N)nc21. The number of hydrogen-bond acceptors (Lipinski definition) is 17. The van der Waals surface area contributed by atoms with Gasteiger partial charge >= 0.3 is 7.75 Å². The van der Waals surface area contributed by atoms with Crippen LogP contribution in [0.3, 0.4) is 0 Å². The summed E-state index contributed by atoms with van der Waals surface area (Å²) in [7, 11) is 0.982. The van der Waals surface area contributed by atoms with E-state index in [1.165, 1.54) is 28.9 Å². The number of aliphatic hydroxyl groups is 2. The van der Waals surface area contributed by atoms with Gasteiger partial charge < -0.3 is 40.8 Å².